The van der Waals surface area contributed by atoms with Crippen LogP contribution in [0.4, 0.5) is 0 Å². The normalized spacial score (nSPS) is 27.2. The summed E-state index contributed by atoms with van der Waals surface area (Å²) < 4.78 is 0. The minimum absolute atomic E-state index is 0.0540. The number of carboxylic acid groups (broad SMARTS) is 1. The Hall–Kier alpha value is -1.36. The highest BCUT2D eigenvalue weighted by atomic mass is 16.4. The predicted molar refractivity (Wildman–Crippen MR) is 61.3 cm³/mol. The molecular weight excluding hydrogens is 218 g/mol. The number of aromatic nitrogens is 2. The van der Waals surface area contributed by atoms with Gasteiger partial charge in [0.1, 0.15) is 5.82 Å². The summed E-state index contributed by atoms with van der Waals surface area (Å²) in [6.45, 7) is 2.30. The van der Waals surface area contributed by atoms with Crippen LogP contribution in [0.2, 0.25) is 0 Å². The van der Waals surface area contributed by atoms with Gasteiger partial charge in [0.15, 0.2) is 0 Å². The van der Waals surface area contributed by atoms with Crippen molar-refractivity contribution < 1.29 is 9.90 Å². The number of rotatable bonds is 3. The van der Waals surface area contributed by atoms with Crippen molar-refractivity contribution in [3.8, 4) is 0 Å². The summed E-state index contributed by atoms with van der Waals surface area (Å²) in [5.74, 6) is 0.100. The Morgan fingerprint density at radius 2 is 2.47 bits per heavy atom. The van der Waals surface area contributed by atoms with Gasteiger partial charge in [-0.1, -0.05) is 6.42 Å². The average Bonchev–Trinajstić information content (AvgIpc) is 2.83. The minimum atomic E-state index is -0.633. The fourth-order valence-electron chi connectivity index (χ4n) is 3.27. The van der Waals surface area contributed by atoms with E-state index in [1.54, 1.807) is 12.4 Å². The first kappa shape index (κ1) is 10.8. The zero-order valence-electron chi connectivity index (χ0n) is 9.72. The van der Waals surface area contributed by atoms with Crippen LogP contribution in [0.25, 0.3) is 0 Å². The number of carboxylic acids is 1. The molecule has 1 saturated carbocycles. The number of nitrogens with one attached hydrogen (secondary N) is 1. The number of imidazole rings is 1. The Kier molecular flexibility index (Phi) is 2.43. The molecule has 0 radical (unpaired) electrons. The van der Waals surface area contributed by atoms with Crippen molar-refractivity contribution in [2.24, 2.45) is 11.3 Å². The van der Waals surface area contributed by atoms with Crippen molar-refractivity contribution in [3.05, 3.63) is 18.2 Å². The zero-order valence-corrected chi connectivity index (χ0v) is 9.72. The lowest BCUT2D eigenvalue weighted by atomic mass is 9.63. The summed E-state index contributed by atoms with van der Waals surface area (Å²) in [4.78, 5) is 20.8. The van der Waals surface area contributed by atoms with Gasteiger partial charge in [-0.2, -0.15) is 0 Å². The van der Waals surface area contributed by atoms with Gasteiger partial charge in [-0.15, -0.1) is 0 Å². The van der Waals surface area contributed by atoms with Gasteiger partial charge in [0, 0.05) is 25.5 Å². The predicted octanol–water partition coefficient (Wildman–Crippen LogP) is 1.10. The van der Waals surface area contributed by atoms with E-state index in [1.165, 1.54) is 6.42 Å². The molecule has 1 saturated heterocycles. The van der Waals surface area contributed by atoms with Crippen LogP contribution in [-0.4, -0.2) is 39.0 Å². The van der Waals surface area contributed by atoms with Gasteiger partial charge in [0.2, 0.25) is 0 Å². The van der Waals surface area contributed by atoms with Gasteiger partial charge in [-0.05, 0) is 18.3 Å². The summed E-state index contributed by atoms with van der Waals surface area (Å²) in [6, 6.07) is 0. The number of hydrogen-bond donors (Lipinski definition) is 2. The van der Waals surface area contributed by atoms with Crippen LogP contribution in [0.1, 0.15) is 25.1 Å². The summed E-state index contributed by atoms with van der Waals surface area (Å²) in [5.41, 5.74) is 0.0540. The van der Waals surface area contributed by atoms with Crippen LogP contribution in [0.15, 0.2) is 12.4 Å². The van der Waals surface area contributed by atoms with E-state index in [1.807, 2.05) is 0 Å². The van der Waals surface area contributed by atoms with E-state index in [2.05, 4.69) is 14.9 Å². The quantitative estimate of drug-likeness (QED) is 0.823. The lowest BCUT2D eigenvalue weighted by molar-refractivity contribution is -0.146. The number of aliphatic carboxylic acids is 1. The summed E-state index contributed by atoms with van der Waals surface area (Å²) in [6.07, 6.45) is 6.86. The van der Waals surface area contributed by atoms with Gasteiger partial charge >= 0.3 is 5.97 Å². The Labute approximate surface area is 99.8 Å². The smallest absolute Gasteiger partial charge is 0.308 e. The number of carbonyl (C=O) groups is 1. The maximum Gasteiger partial charge on any atom is 0.308 e. The molecule has 3 rings (SSSR count). The second kappa shape index (κ2) is 3.84. The number of hydrogen-bond acceptors (Lipinski definition) is 3. The summed E-state index contributed by atoms with van der Waals surface area (Å²) in [5, 5.41) is 9.31. The topological polar surface area (TPSA) is 69.2 Å². The maximum atomic E-state index is 11.3. The standard InChI is InChI=1S/C12H17N3O2/c16-11(17)9-6-15(7-10-13-4-5-14-10)8-12(9)2-1-3-12/h4-5,9H,1-3,6-8H2,(H,13,14)(H,16,17). The third-order valence-electron chi connectivity index (χ3n) is 4.29. The van der Waals surface area contributed by atoms with Crippen LogP contribution < -0.4 is 0 Å². The molecule has 17 heavy (non-hydrogen) atoms. The third-order valence-corrected chi connectivity index (χ3v) is 4.29. The molecule has 2 heterocycles. The fourth-order valence-corrected chi connectivity index (χ4v) is 3.27. The molecule has 1 spiro atoms. The monoisotopic (exact) mass is 235 g/mol. The van der Waals surface area contributed by atoms with Gasteiger partial charge < -0.3 is 10.1 Å². The van der Waals surface area contributed by atoms with Crippen LogP contribution in [0.5, 0.6) is 0 Å². The lowest BCUT2D eigenvalue weighted by Crippen LogP contribution is -2.40. The lowest BCUT2D eigenvalue weighted by Gasteiger charge is -2.41. The highest BCUT2D eigenvalue weighted by Gasteiger charge is 2.53. The molecule has 0 bridgehead atoms. The van der Waals surface area contributed by atoms with Crippen molar-refractivity contribution in [1.29, 1.82) is 0 Å². The van der Waals surface area contributed by atoms with Gasteiger partial charge in [-0.25, -0.2) is 4.98 Å². The SMILES string of the molecule is O=C(O)C1CN(Cc2ncc[nH]2)CC12CCC2. The fraction of sp³-hybridized carbons (Fsp3) is 0.667. The van der Waals surface area contributed by atoms with E-state index < -0.39 is 5.97 Å². The number of likely N-dealkylation sites (tertiary alicyclic amines) is 1. The minimum Gasteiger partial charge on any atom is -0.481 e. The first-order chi connectivity index (χ1) is 8.20. The Balaban J connectivity index is 1.71. The first-order valence-corrected chi connectivity index (χ1v) is 6.13. The number of nitrogens with zero attached hydrogens (tertiary/aromatic N) is 2. The van der Waals surface area contributed by atoms with E-state index in [0.717, 1.165) is 31.8 Å². The van der Waals surface area contributed by atoms with Gasteiger partial charge in [-0.3, -0.25) is 9.69 Å². The molecule has 1 aliphatic heterocycles. The molecule has 2 fully saturated rings. The second-order valence-corrected chi connectivity index (χ2v) is 5.31. The highest BCUT2D eigenvalue weighted by Crippen LogP contribution is 2.51. The Bertz CT molecular complexity index is 411. The van der Waals surface area contributed by atoms with Crippen LogP contribution in [-0.2, 0) is 11.3 Å². The number of H-pyrrole nitrogens is 1. The van der Waals surface area contributed by atoms with Crippen LogP contribution in [0.3, 0.4) is 0 Å². The molecule has 0 aromatic carbocycles. The molecule has 0 amide bonds. The third kappa shape index (κ3) is 1.74. The number of aromatic amines is 1. The Morgan fingerprint density at radius 3 is 2.94 bits per heavy atom. The van der Waals surface area contributed by atoms with Crippen LogP contribution in [0, 0.1) is 11.3 Å². The molecule has 1 atom stereocenters. The van der Waals surface area contributed by atoms with Crippen molar-refractivity contribution >= 4 is 5.97 Å². The van der Waals surface area contributed by atoms with Crippen molar-refractivity contribution in [2.45, 2.75) is 25.8 Å². The van der Waals surface area contributed by atoms with E-state index >= 15 is 0 Å². The molecule has 1 aliphatic carbocycles. The van der Waals surface area contributed by atoms with Crippen molar-refractivity contribution in [3.63, 3.8) is 0 Å². The van der Waals surface area contributed by atoms with Crippen molar-refractivity contribution in [2.75, 3.05) is 13.1 Å². The van der Waals surface area contributed by atoms with E-state index in [-0.39, 0.29) is 11.3 Å². The maximum absolute atomic E-state index is 11.3. The molecule has 92 valence electrons. The van der Waals surface area contributed by atoms with Crippen molar-refractivity contribution in [1.82, 2.24) is 14.9 Å². The molecule has 2 N–H and O–H groups in total. The average molecular weight is 235 g/mol. The van der Waals surface area contributed by atoms with Gasteiger partial charge in [0.25, 0.3) is 0 Å². The molecule has 1 aromatic rings. The molecular formula is C12H17N3O2. The molecule has 1 aromatic heterocycles. The molecule has 2 aliphatic rings. The van der Waals surface area contributed by atoms with E-state index in [9.17, 15) is 9.90 Å². The summed E-state index contributed by atoms with van der Waals surface area (Å²) >= 11 is 0. The summed E-state index contributed by atoms with van der Waals surface area (Å²) in [7, 11) is 0. The second-order valence-electron chi connectivity index (χ2n) is 5.31. The zero-order chi connectivity index (χ0) is 11.9. The van der Waals surface area contributed by atoms with Gasteiger partial charge in [0.05, 0.1) is 12.5 Å². The van der Waals surface area contributed by atoms with E-state index in [0.29, 0.717) is 6.54 Å². The molecule has 5 nitrogen and oxygen atoms in total. The largest absolute Gasteiger partial charge is 0.481 e. The Morgan fingerprint density at radius 1 is 1.65 bits per heavy atom. The van der Waals surface area contributed by atoms with E-state index in [4.69, 9.17) is 0 Å². The first-order valence-electron chi connectivity index (χ1n) is 6.13. The molecule has 5 heteroatoms. The highest BCUT2D eigenvalue weighted by molar-refractivity contribution is 5.72. The van der Waals surface area contributed by atoms with Crippen LogP contribution >= 0.6 is 0 Å². The molecule has 1 unspecified atom stereocenters.